The van der Waals surface area contributed by atoms with Gasteiger partial charge < -0.3 is 19.8 Å². The van der Waals surface area contributed by atoms with Crippen molar-refractivity contribution < 1.29 is 23.4 Å². The number of aliphatic hydroxyl groups is 1. The second-order valence-corrected chi connectivity index (χ2v) is 9.58. The zero-order valence-electron chi connectivity index (χ0n) is 17.9. The van der Waals surface area contributed by atoms with Crippen LogP contribution in [0.3, 0.4) is 0 Å². The number of para-hydroxylation sites is 1. The van der Waals surface area contributed by atoms with Gasteiger partial charge in [0.1, 0.15) is 23.0 Å². The van der Waals surface area contributed by atoms with Crippen molar-refractivity contribution in [2.45, 2.75) is 44.2 Å². The molecule has 3 rings (SSSR count). The molecule has 1 aliphatic rings. The number of rotatable bonds is 7. The maximum Gasteiger partial charge on any atom is 0.268 e. The number of ether oxygens (including phenoxy) is 1. The van der Waals surface area contributed by atoms with E-state index < -0.39 is 16.1 Å². The van der Waals surface area contributed by atoms with Crippen molar-refractivity contribution in [2.75, 3.05) is 31.0 Å². The lowest BCUT2D eigenvalue weighted by molar-refractivity contribution is 0.123. The van der Waals surface area contributed by atoms with E-state index in [0.29, 0.717) is 23.4 Å². The molecule has 8 heteroatoms. The van der Waals surface area contributed by atoms with E-state index >= 15 is 0 Å². The number of benzene rings is 2. The first-order valence-corrected chi connectivity index (χ1v) is 11.6. The number of anilines is 1. The summed E-state index contributed by atoms with van der Waals surface area (Å²) in [5.41, 5.74) is 1.70. The third kappa shape index (κ3) is 4.26. The fourth-order valence-electron chi connectivity index (χ4n) is 3.67. The van der Waals surface area contributed by atoms with Gasteiger partial charge in [-0.3, -0.25) is 4.31 Å². The highest BCUT2D eigenvalue weighted by Gasteiger charge is 2.33. The van der Waals surface area contributed by atoms with Crippen LogP contribution in [0.1, 0.15) is 37.5 Å². The molecule has 2 N–H and O–H groups in total. The number of aliphatic hydroxyl groups excluding tert-OH is 1. The van der Waals surface area contributed by atoms with E-state index in [4.69, 9.17) is 4.74 Å². The Bertz CT molecular complexity index is 1010. The number of hydrogen-bond donors (Lipinski definition) is 2. The smallest absolute Gasteiger partial charge is 0.268 e. The summed E-state index contributed by atoms with van der Waals surface area (Å²) in [7, 11) is -2.08. The Kier molecular flexibility index (Phi) is 6.59. The third-order valence-corrected chi connectivity index (χ3v) is 7.58. The van der Waals surface area contributed by atoms with Crippen molar-refractivity contribution >= 4 is 15.7 Å². The van der Waals surface area contributed by atoms with Crippen LogP contribution in [0, 0.1) is 6.92 Å². The molecule has 164 valence electrons. The predicted molar refractivity (Wildman–Crippen MR) is 117 cm³/mol. The Morgan fingerprint density at radius 3 is 2.70 bits per heavy atom. The molecule has 2 unspecified atom stereocenters. The first-order chi connectivity index (χ1) is 14.2. The van der Waals surface area contributed by atoms with Gasteiger partial charge in [0, 0.05) is 6.04 Å². The van der Waals surface area contributed by atoms with Gasteiger partial charge in [0.05, 0.1) is 18.3 Å². The van der Waals surface area contributed by atoms with Crippen molar-refractivity contribution in [2.24, 2.45) is 0 Å². The number of phenolic OH excluding ortho intramolecular Hbond substituents is 1. The molecule has 0 bridgehead atoms. The number of fused-ring (bicyclic) bond motifs is 1. The molecule has 2 aromatic carbocycles. The molecule has 0 amide bonds. The van der Waals surface area contributed by atoms with Crippen LogP contribution in [0.5, 0.6) is 11.5 Å². The number of nitrogens with zero attached hydrogens (tertiary/aromatic N) is 2. The molecule has 1 heterocycles. The molecule has 0 saturated carbocycles. The normalized spacial score (nSPS) is 16.1. The molecule has 0 radical (unpaired) electrons. The summed E-state index contributed by atoms with van der Waals surface area (Å²) in [4.78, 5) is 1.89. The topological polar surface area (TPSA) is 90.3 Å². The monoisotopic (exact) mass is 434 g/mol. The van der Waals surface area contributed by atoms with E-state index in [9.17, 15) is 18.6 Å². The highest BCUT2D eigenvalue weighted by Crippen LogP contribution is 2.40. The first kappa shape index (κ1) is 22.4. The Labute approximate surface area is 178 Å². The standard InChI is InChI=1S/C22H30N2O5S/c1-5-23(4)16(3)13-19(26)17-9-10-18(25)21(14-17)30(27,28)24-11-12-29-20-8-6-7-15(2)22(20)24/h6-10,14,16,19,25-26H,5,11-13H2,1-4H3. The van der Waals surface area contributed by atoms with Crippen LogP contribution in [-0.2, 0) is 10.0 Å². The zero-order valence-corrected chi connectivity index (χ0v) is 18.7. The fourth-order valence-corrected chi connectivity index (χ4v) is 5.32. The highest BCUT2D eigenvalue weighted by atomic mass is 32.2. The Morgan fingerprint density at radius 2 is 2.00 bits per heavy atom. The van der Waals surface area contributed by atoms with Crippen LogP contribution in [0.15, 0.2) is 41.3 Å². The minimum atomic E-state index is -4.05. The predicted octanol–water partition coefficient (Wildman–Crippen LogP) is 3.05. The summed E-state index contributed by atoms with van der Waals surface area (Å²) in [5, 5.41) is 21.1. The van der Waals surface area contributed by atoms with Gasteiger partial charge in [0.2, 0.25) is 0 Å². The lowest BCUT2D eigenvalue weighted by Gasteiger charge is -2.32. The summed E-state index contributed by atoms with van der Waals surface area (Å²) in [6.45, 7) is 7.08. The van der Waals surface area contributed by atoms with Gasteiger partial charge in [-0.05, 0) is 63.2 Å². The van der Waals surface area contributed by atoms with Gasteiger partial charge in [0.25, 0.3) is 10.0 Å². The average Bonchev–Trinajstić information content (AvgIpc) is 2.72. The van der Waals surface area contributed by atoms with Crippen molar-refractivity contribution in [3.8, 4) is 11.5 Å². The highest BCUT2D eigenvalue weighted by molar-refractivity contribution is 7.93. The molecule has 2 atom stereocenters. The number of phenols is 1. The second-order valence-electron chi connectivity index (χ2n) is 7.75. The number of hydrogen-bond acceptors (Lipinski definition) is 6. The SMILES string of the molecule is CCN(C)C(C)CC(O)c1ccc(O)c(S(=O)(=O)N2CCOc3cccc(C)c32)c1. The summed E-state index contributed by atoms with van der Waals surface area (Å²) in [5.74, 6) is 0.156. The van der Waals surface area contributed by atoms with Crippen LogP contribution in [0.2, 0.25) is 0 Å². The molecule has 1 aliphatic heterocycles. The largest absolute Gasteiger partial charge is 0.507 e. The van der Waals surface area contributed by atoms with Crippen molar-refractivity contribution in [1.82, 2.24) is 4.90 Å². The molecule has 0 saturated heterocycles. The van der Waals surface area contributed by atoms with Gasteiger partial charge in [-0.2, -0.15) is 0 Å². The minimum Gasteiger partial charge on any atom is -0.507 e. The van der Waals surface area contributed by atoms with Crippen LogP contribution in [0.4, 0.5) is 5.69 Å². The minimum absolute atomic E-state index is 0.118. The first-order valence-electron chi connectivity index (χ1n) is 10.1. The molecule has 2 aromatic rings. The van der Waals surface area contributed by atoms with Crippen LogP contribution in [-0.4, -0.2) is 56.3 Å². The average molecular weight is 435 g/mol. The summed E-state index contributed by atoms with van der Waals surface area (Å²) in [6.07, 6.45) is -0.393. The van der Waals surface area contributed by atoms with Crippen LogP contribution >= 0.6 is 0 Å². The van der Waals surface area contributed by atoms with Gasteiger partial charge in [-0.1, -0.05) is 25.1 Å². The lowest BCUT2D eigenvalue weighted by atomic mass is 10.0. The van der Waals surface area contributed by atoms with Gasteiger partial charge in [-0.25, -0.2) is 8.42 Å². The van der Waals surface area contributed by atoms with Gasteiger partial charge in [0.15, 0.2) is 0 Å². The molecule has 30 heavy (non-hydrogen) atoms. The van der Waals surface area contributed by atoms with Crippen LogP contribution < -0.4 is 9.04 Å². The van der Waals surface area contributed by atoms with E-state index in [-0.39, 0.29) is 29.8 Å². The zero-order chi connectivity index (χ0) is 22.1. The summed E-state index contributed by atoms with van der Waals surface area (Å²) < 4.78 is 33.9. The number of sulfonamides is 1. The van der Waals surface area contributed by atoms with E-state index in [1.54, 1.807) is 12.1 Å². The molecule has 7 nitrogen and oxygen atoms in total. The Hall–Kier alpha value is -2.29. The van der Waals surface area contributed by atoms with Crippen molar-refractivity contribution in [3.63, 3.8) is 0 Å². The Morgan fingerprint density at radius 1 is 1.27 bits per heavy atom. The van der Waals surface area contributed by atoms with Crippen molar-refractivity contribution in [1.29, 1.82) is 0 Å². The molecule has 0 aromatic heterocycles. The Balaban J connectivity index is 1.97. The van der Waals surface area contributed by atoms with Gasteiger partial charge in [-0.15, -0.1) is 0 Å². The maximum absolute atomic E-state index is 13.5. The van der Waals surface area contributed by atoms with Crippen molar-refractivity contribution in [3.05, 3.63) is 47.5 Å². The van der Waals surface area contributed by atoms with E-state index in [2.05, 4.69) is 4.90 Å². The molecule has 0 aliphatic carbocycles. The summed E-state index contributed by atoms with van der Waals surface area (Å²) in [6, 6.07) is 9.76. The van der Waals surface area contributed by atoms with E-state index in [0.717, 1.165) is 12.1 Å². The maximum atomic E-state index is 13.5. The van der Waals surface area contributed by atoms with E-state index in [1.165, 1.54) is 16.4 Å². The fraction of sp³-hybridized carbons (Fsp3) is 0.455. The third-order valence-electron chi connectivity index (χ3n) is 5.75. The summed E-state index contributed by atoms with van der Waals surface area (Å²) >= 11 is 0. The molecule has 0 fully saturated rings. The molecular formula is C22H30N2O5S. The number of aromatic hydroxyl groups is 1. The molecule has 0 spiro atoms. The lowest BCUT2D eigenvalue weighted by Crippen LogP contribution is -2.38. The second kappa shape index (κ2) is 8.83. The van der Waals surface area contributed by atoms with E-state index in [1.807, 2.05) is 40.0 Å². The number of aryl methyl sites for hydroxylation is 1. The molecular weight excluding hydrogens is 404 g/mol. The van der Waals surface area contributed by atoms with Gasteiger partial charge >= 0.3 is 0 Å². The van der Waals surface area contributed by atoms with Crippen LogP contribution in [0.25, 0.3) is 0 Å². The quantitative estimate of drug-likeness (QED) is 0.696.